The molecule has 5 rings (SSSR count). The van der Waals surface area contributed by atoms with E-state index in [1.807, 2.05) is 25.7 Å². The average molecular weight is 507 g/mol. The Balaban J connectivity index is 1.36. The zero-order valence-corrected chi connectivity index (χ0v) is 21.0. The molecule has 1 aromatic heterocycles. The number of hydrogen-bond donors (Lipinski definition) is 0. The van der Waals surface area contributed by atoms with E-state index in [-0.39, 0.29) is 30.2 Å². The van der Waals surface area contributed by atoms with Crippen molar-refractivity contribution in [2.24, 2.45) is 0 Å². The van der Waals surface area contributed by atoms with Crippen LogP contribution in [0.2, 0.25) is 10.0 Å². The molecule has 7 nitrogen and oxygen atoms in total. The number of fused-ring (bicyclic) bond motifs is 2. The number of carbonyl (C=O) groups is 2. The maximum atomic E-state index is 13.5. The lowest BCUT2D eigenvalue weighted by Gasteiger charge is -2.39. The number of rotatable bonds is 4. The number of piperidine rings is 1. The zero-order valence-electron chi connectivity index (χ0n) is 19.5. The van der Waals surface area contributed by atoms with E-state index in [1.165, 1.54) is 0 Å². The van der Waals surface area contributed by atoms with Crippen molar-refractivity contribution in [3.05, 3.63) is 39.6 Å². The molecule has 0 N–H and O–H groups in total. The van der Waals surface area contributed by atoms with E-state index in [2.05, 4.69) is 5.16 Å². The SMILES string of the molecule is CC(C)(C)OC(=O)N1[C@@H]2CC[C@H]1C[C@@H](OC(=O)c1c(-c3c(Cl)cccc3Cl)noc1C1CC1)C2. The third-order valence-corrected chi connectivity index (χ3v) is 7.27. The number of aromatic nitrogens is 1. The number of carbonyl (C=O) groups excluding carboxylic acids is 2. The highest BCUT2D eigenvalue weighted by Crippen LogP contribution is 2.46. The summed E-state index contributed by atoms with van der Waals surface area (Å²) < 4.78 is 17.2. The predicted octanol–water partition coefficient (Wildman–Crippen LogP) is 6.61. The van der Waals surface area contributed by atoms with Crippen molar-refractivity contribution in [1.82, 2.24) is 10.1 Å². The van der Waals surface area contributed by atoms with Gasteiger partial charge in [-0.05, 0) is 58.6 Å². The molecule has 34 heavy (non-hydrogen) atoms. The molecule has 3 heterocycles. The smallest absolute Gasteiger partial charge is 0.410 e. The van der Waals surface area contributed by atoms with E-state index in [0.717, 1.165) is 25.7 Å². The summed E-state index contributed by atoms with van der Waals surface area (Å²) in [4.78, 5) is 28.0. The lowest BCUT2D eigenvalue weighted by molar-refractivity contribution is -0.0226. The number of hydrogen-bond acceptors (Lipinski definition) is 6. The van der Waals surface area contributed by atoms with Crippen LogP contribution in [0.15, 0.2) is 22.7 Å². The minimum Gasteiger partial charge on any atom is -0.458 e. The van der Waals surface area contributed by atoms with Gasteiger partial charge in [-0.25, -0.2) is 9.59 Å². The van der Waals surface area contributed by atoms with Crippen LogP contribution in [0.5, 0.6) is 0 Å². The molecule has 0 unspecified atom stereocenters. The molecule has 0 radical (unpaired) electrons. The van der Waals surface area contributed by atoms with Crippen LogP contribution in [-0.2, 0) is 9.47 Å². The number of halogens is 2. The van der Waals surface area contributed by atoms with Gasteiger partial charge in [-0.3, -0.25) is 0 Å². The standard InChI is InChI=1S/C25H28Cl2N2O5/c1-25(2,3)33-24(31)29-14-9-10-15(29)12-16(11-14)32-23(30)20-21(28-34-22(20)13-7-8-13)19-17(26)5-4-6-18(19)27/h4-6,13-16H,7-12H2,1-3H3/t14-,15+,16+. The molecular formula is C25H28Cl2N2O5. The van der Waals surface area contributed by atoms with Crippen molar-refractivity contribution in [1.29, 1.82) is 0 Å². The van der Waals surface area contributed by atoms with Crippen LogP contribution in [0.1, 0.15) is 81.3 Å². The maximum Gasteiger partial charge on any atom is 0.410 e. The molecular weight excluding hydrogens is 479 g/mol. The fourth-order valence-electron chi connectivity index (χ4n) is 5.07. The highest BCUT2D eigenvalue weighted by Gasteiger charge is 2.46. The van der Waals surface area contributed by atoms with E-state index in [1.54, 1.807) is 18.2 Å². The van der Waals surface area contributed by atoms with Gasteiger partial charge in [0.1, 0.15) is 23.0 Å². The summed E-state index contributed by atoms with van der Waals surface area (Å²) in [5, 5.41) is 4.96. The normalized spacial score (nSPS) is 24.3. The van der Waals surface area contributed by atoms with Crippen LogP contribution in [0.3, 0.4) is 0 Å². The van der Waals surface area contributed by atoms with Gasteiger partial charge >= 0.3 is 12.1 Å². The number of benzene rings is 1. The first kappa shape index (κ1) is 23.5. The molecule has 182 valence electrons. The van der Waals surface area contributed by atoms with E-state index in [9.17, 15) is 9.59 Å². The molecule has 1 saturated carbocycles. The van der Waals surface area contributed by atoms with Crippen LogP contribution in [-0.4, -0.2) is 45.9 Å². The molecule has 1 amide bonds. The van der Waals surface area contributed by atoms with Crippen molar-refractivity contribution in [2.75, 3.05) is 0 Å². The summed E-state index contributed by atoms with van der Waals surface area (Å²) in [5.41, 5.74) is 0.535. The van der Waals surface area contributed by atoms with Crippen LogP contribution in [0.4, 0.5) is 4.79 Å². The molecule has 3 atom stereocenters. The maximum absolute atomic E-state index is 13.5. The topological polar surface area (TPSA) is 81.9 Å². The Bertz CT molecular complexity index is 1090. The molecule has 3 fully saturated rings. The van der Waals surface area contributed by atoms with Gasteiger partial charge in [0.05, 0.1) is 10.0 Å². The van der Waals surface area contributed by atoms with Crippen molar-refractivity contribution in [3.63, 3.8) is 0 Å². The van der Waals surface area contributed by atoms with Crippen molar-refractivity contribution in [2.45, 2.75) is 89.0 Å². The van der Waals surface area contributed by atoms with Gasteiger partial charge in [-0.15, -0.1) is 0 Å². The Morgan fingerprint density at radius 3 is 2.24 bits per heavy atom. The van der Waals surface area contributed by atoms with E-state index in [0.29, 0.717) is 45.5 Å². The van der Waals surface area contributed by atoms with Crippen LogP contribution < -0.4 is 0 Å². The van der Waals surface area contributed by atoms with Gasteiger partial charge in [0, 0.05) is 36.4 Å². The molecule has 1 aliphatic carbocycles. The summed E-state index contributed by atoms with van der Waals surface area (Å²) in [6.07, 6.45) is 4.17. The largest absolute Gasteiger partial charge is 0.458 e. The van der Waals surface area contributed by atoms with Gasteiger partial charge in [-0.2, -0.15) is 0 Å². The third kappa shape index (κ3) is 4.52. The quantitative estimate of drug-likeness (QED) is 0.433. The molecule has 2 aromatic rings. The number of ether oxygens (including phenoxy) is 2. The number of esters is 1. The van der Waals surface area contributed by atoms with Gasteiger partial charge < -0.3 is 18.9 Å². The number of nitrogens with zero attached hydrogens (tertiary/aromatic N) is 2. The minimum atomic E-state index is -0.552. The lowest BCUT2D eigenvalue weighted by atomic mass is 9.99. The fourth-order valence-corrected chi connectivity index (χ4v) is 5.64. The monoisotopic (exact) mass is 506 g/mol. The highest BCUT2D eigenvalue weighted by atomic mass is 35.5. The molecule has 3 aliphatic rings. The first-order valence-corrected chi connectivity index (χ1v) is 12.5. The van der Waals surface area contributed by atoms with Crippen molar-refractivity contribution < 1.29 is 23.6 Å². The summed E-state index contributed by atoms with van der Waals surface area (Å²) in [5.74, 6) is 0.199. The van der Waals surface area contributed by atoms with Gasteiger partial charge in [0.2, 0.25) is 0 Å². The Morgan fingerprint density at radius 2 is 1.68 bits per heavy atom. The van der Waals surface area contributed by atoms with Gasteiger partial charge in [0.25, 0.3) is 0 Å². The molecule has 2 saturated heterocycles. The Morgan fingerprint density at radius 1 is 1.06 bits per heavy atom. The minimum absolute atomic E-state index is 0.00531. The molecule has 2 aliphatic heterocycles. The molecule has 1 aromatic carbocycles. The summed E-state index contributed by atoms with van der Waals surface area (Å²) in [7, 11) is 0. The molecule has 9 heteroatoms. The first-order valence-electron chi connectivity index (χ1n) is 11.8. The van der Waals surface area contributed by atoms with E-state index >= 15 is 0 Å². The average Bonchev–Trinajstić information content (AvgIpc) is 3.43. The first-order chi connectivity index (χ1) is 16.1. The van der Waals surface area contributed by atoms with Crippen molar-refractivity contribution in [3.8, 4) is 11.3 Å². The third-order valence-electron chi connectivity index (χ3n) is 6.64. The summed E-state index contributed by atoms with van der Waals surface area (Å²) in [6, 6.07) is 5.13. The fraction of sp³-hybridized carbons (Fsp3) is 0.560. The predicted molar refractivity (Wildman–Crippen MR) is 127 cm³/mol. The Hall–Kier alpha value is -2.25. The van der Waals surface area contributed by atoms with Crippen LogP contribution in [0.25, 0.3) is 11.3 Å². The second-order valence-corrected chi connectivity index (χ2v) is 11.2. The summed E-state index contributed by atoms with van der Waals surface area (Å²) in [6.45, 7) is 5.59. The van der Waals surface area contributed by atoms with Crippen LogP contribution >= 0.6 is 23.2 Å². The lowest BCUT2D eigenvalue weighted by Crippen LogP contribution is -2.50. The number of amides is 1. The van der Waals surface area contributed by atoms with Gasteiger partial charge in [0.15, 0.2) is 5.76 Å². The van der Waals surface area contributed by atoms with E-state index < -0.39 is 11.6 Å². The molecule has 2 bridgehead atoms. The van der Waals surface area contributed by atoms with Crippen LogP contribution in [0, 0.1) is 0 Å². The highest BCUT2D eigenvalue weighted by molar-refractivity contribution is 6.39. The Kier molecular flexibility index (Phi) is 6.05. The van der Waals surface area contributed by atoms with Gasteiger partial charge in [-0.1, -0.05) is 34.4 Å². The van der Waals surface area contributed by atoms with E-state index in [4.69, 9.17) is 37.2 Å². The van der Waals surface area contributed by atoms with Crippen molar-refractivity contribution >= 4 is 35.3 Å². The zero-order chi connectivity index (χ0) is 24.2. The Labute approximate surface area is 208 Å². The molecule has 0 spiro atoms. The second-order valence-electron chi connectivity index (χ2n) is 10.4. The summed E-state index contributed by atoms with van der Waals surface area (Å²) >= 11 is 12.8. The second kappa shape index (κ2) is 8.76.